The first-order valence-electron chi connectivity index (χ1n) is 11.8. The smallest absolute Gasteiger partial charge is 0.0674 e. The molecule has 0 aliphatic rings. The highest BCUT2D eigenvalue weighted by molar-refractivity contribution is 7.89. The van der Waals surface area contributed by atoms with Gasteiger partial charge in [0.1, 0.15) is 0 Å². The molecule has 0 amide bonds. The van der Waals surface area contributed by atoms with Crippen molar-refractivity contribution >= 4 is 67.5 Å². The van der Waals surface area contributed by atoms with E-state index >= 15 is 0 Å². The molecular formula is C30H25Si5. The lowest BCUT2D eigenvalue weighted by molar-refractivity contribution is 1.75. The van der Waals surface area contributed by atoms with Crippen molar-refractivity contribution in [1.29, 1.82) is 0 Å². The van der Waals surface area contributed by atoms with E-state index in [9.17, 15) is 0 Å². The van der Waals surface area contributed by atoms with Crippen LogP contribution in [0.15, 0.2) is 152 Å². The Balaban J connectivity index is 1.74. The standard InChI is InChI=1S/C30H25Si5/c1-6-16-26(17-7-1)31-34(29-22-12-4-13-23-29)35(30-24-14-5-15-25-30,32-27-18-8-2-9-19-27)33-28-20-10-3-11-21-28/h1-25H. The summed E-state index contributed by atoms with van der Waals surface area (Å²) in [4.78, 5) is 0. The summed E-state index contributed by atoms with van der Waals surface area (Å²) in [7, 11) is 1.56. The van der Waals surface area contributed by atoms with Gasteiger partial charge in [-0.2, -0.15) is 0 Å². The Labute approximate surface area is 218 Å². The molecular weight excluding hydrogens is 501 g/mol. The second-order valence-corrected chi connectivity index (χ2v) is 32.2. The van der Waals surface area contributed by atoms with Gasteiger partial charge >= 0.3 is 0 Å². The molecule has 5 heteroatoms. The van der Waals surface area contributed by atoms with Crippen LogP contribution in [-0.2, 0) is 0 Å². The predicted molar refractivity (Wildman–Crippen MR) is 159 cm³/mol. The molecule has 0 spiro atoms. The zero-order valence-corrected chi connectivity index (χ0v) is 24.4. The van der Waals surface area contributed by atoms with Crippen LogP contribution in [0, 0.1) is 0 Å². The topological polar surface area (TPSA) is 0 Å². The fraction of sp³-hybridized carbons (Fsp3) is 0. The minimum atomic E-state index is -2.04. The summed E-state index contributed by atoms with van der Waals surface area (Å²) < 4.78 is 0. The van der Waals surface area contributed by atoms with Gasteiger partial charge in [-0.05, 0) is 0 Å². The van der Waals surface area contributed by atoms with Gasteiger partial charge in [-0.25, -0.2) is 0 Å². The van der Waals surface area contributed by atoms with Crippen LogP contribution in [0.2, 0.25) is 0 Å². The Bertz CT molecular complexity index is 1260. The fourth-order valence-corrected chi connectivity index (χ4v) is 43.4. The minimum Gasteiger partial charge on any atom is -0.0674 e. The van der Waals surface area contributed by atoms with E-state index in [1.165, 1.54) is 15.6 Å². The highest BCUT2D eigenvalue weighted by atomic mass is 30.0. The van der Waals surface area contributed by atoms with Crippen LogP contribution < -0.4 is 25.9 Å². The molecule has 35 heavy (non-hydrogen) atoms. The largest absolute Gasteiger partial charge is 0.0711 e. The van der Waals surface area contributed by atoms with E-state index in [4.69, 9.17) is 0 Å². The van der Waals surface area contributed by atoms with Crippen LogP contribution in [0.3, 0.4) is 0 Å². The summed E-state index contributed by atoms with van der Waals surface area (Å²) in [5, 5.41) is 7.70. The van der Waals surface area contributed by atoms with Gasteiger partial charge in [0.15, 0.2) is 0 Å². The van der Waals surface area contributed by atoms with Gasteiger partial charge in [0.05, 0.1) is 41.6 Å². The lowest BCUT2D eigenvalue weighted by atomic mass is 10.4. The number of hydrogen-bond donors (Lipinski definition) is 0. The molecule has 0 aromatic heterocycles. The van der Waals surface area contributed by atoms with Gasteiger partial charge < -0.3 is 0 Å². The summed E-state index contributed by atoms with van der Waals surface area (Å²) in [6.07, 6.45) is 0. The predicted octanol–water partition coefficient (Wildman–Crippen LogP) is 2.40. The van der Waals surface area contributed by atoms with E-state index < -0.39 is 14.5 Å². The Morgan fingerprint density at radius 3 is 1.23 bits per heavy atom. The molecule has 0 fully saturated rings. The third kappa shape index (κ3) is 5.88. The van der Waals surface area contributed by atoms with Gasteiger partial charge in [-0.1, -0.05) is 178 Å². The van der Waals surface area contributed by atoms with Crippen molar-refractivity contribution in [2.45, 2.75) is 0 Å². The van der Waals surface area contributed by atoms with Crippen LogP contribution >= 0.6 is 0 Å². The van der Waals surface area contributed by atoms with Crippen molar-refractivity contribution in [3.05, 3.63) is 152 Å². The number of benzene rings is 5. The molecule has 0 saturated carbocycles. The van der Waals surface area contributed by atoms with Gasteiger partial charge in [-0.15, -0.1) is 0 Å². The summed E-state index contributed by atoms with van der Waals surface area (Å²) in [6.45, 7) is -2.04. The maximum absolute atomic E-state index is 2.45. The first kappa shape index (κ1) is 23.9. The normalized spacial score (nSPS) is 11.5. The average molecular weight is 526 g/mol. The van der Waals surface area contributed by atoms with E-state index in [-0.39, 0.29) is 0 Å². The SMILES string of the molecule is c1ccc([Si][Si](c2ccccc2)[Si]([Si]c2ccccc2)([Si]c2ccccc2)c2ccccc2)cc1. The summed E-state index contributed by atoms with van der Waals surface area (Å²) >= 11 is 0. The van der Waals surface area contributed by atoms with Crippen LogP contribution in [0.4, 0.5) is 0 Å². The van der Waals surface area contributed by atoms with E-state index in [2.05, 4.69) is 152 Å². The molecule has 0 N–H and O–H groups in total. The van der Waals surface area contributed by atoms with Gasteiger partial charge in [0.2, 0.25) is 0 Å². The molecule has 0 nitrogen and oxygen atoms in total. The van der Waals surface area contributed by atoms with Crippen LogP contribution in [0.1, 0.15) is 0 Å². The second-order valence-electron chi connectivity index (χ2n) is 8.33. The monoisotopic (exact) mass is 525 g/mol. The third-order valence-electron chi connectivity index (χ3n) is 5.90. The lowest BCUT2D eigenvalue weighted by Gasteiger charge is -2.39. The van der Waals surface area contributed by atoms with E-state index in [1.54, 1.807) is 10.4 Å². The zero-order valence-electron chi connectivity index (χ0n) is 19.4. The van der Waals surface area contributed by atoms with Crippen molar-refractivity contribution in [2.24, 2.45) is 0 Å². The Hall–Kier alpha value is -2.82. The Morgan fingerprint density at radius 2 is 0.771 bits per heavy atom. The molecule has 0 aliphatic carbocycles. The molecule has 0 saturated heterocycles. The van der Waals surface area contributed by atoms with Gasteiger partial charge in [0, 0.05) is 0 Å². The summed E-state index contributed by atoms with van der Waals surface area (Å²) in [5.41, 5.74) is 0. The highest BCUT2D eigenvalue weighted by Crippen LogP contribution is 2.09. The molecule has 0 heterocycles. The number of rotatable bonds is 9. The van der Waals surface area contributed by atoms with Crippen molar-refractivity contribution in [3.63, 3.8) is 0 Å². The molecule has 0 unspecified atom stereocenters. The quantitative estimate of drug-likeness (QED) is 0.259. The molecule has 5 aromatic rings. The molecule has 5 aromatic carbocycles. The first-order chi connectivity index (χ1) is 17.3. The average Bonchev–Trinajstić information content (AvgIpc) is 2.94. The molecule has 0 bridgehead atoms. The van der Waals surface area contributed by atoms with E-state index in [0.29, 0.717) is 0 Å². The Kier molecular flexibility index (Phi) is 8.02. The van der Waals surface area contributed by atoms with Crippen molar-refractivity contribution in [2.75, 3.05) is 0 Å². The Morgan fingerprint density at radius 1 is 0.400 bits per heavy atom. The van der Waals surface area contributed by atoms with E-state index in [1.807, 2.05) is 0 Å². The first-order valence-corrected chi connectivity index (χ1v) is 22.3. The summed E-state index contributed by atoms with van der Waals surface area (Å²) in [6, 6.07) is 56.9. The summed E-state index contributed by atoms with van der Waals surface area (Å²) in [5.74, 6) is 0. The highest BCUT2D eigenvalue weighted by Gasteiger charge is 2.46. The minimum absolute atomic E-state index is 0.830. The lowest BCUT2D eigenvalue weighted by Crippen LogP contribution is -2.80. The maximum Gasteiger partial charge on any atom is 0.0711 e. The molecule has 5 rings (SSSR count). The second kappa shape index (κ2) is 11.7. The van der Waals surface area contributed by atoms with Crippen molar-refractivity contribution < 1.29 is 0 Å². The molecule has 7 radical (unpaired) electrons. The third-order valence-corrected chi connectivity index (χ3v) is 41.8. The maximum atomic E-state index is 2.45. The zero-order chi connectivity index (χ0) is 23.8. The van der Waals surface area contributed by atoms with Crippen molar-refractivity contribution in [1.82, 2.24) is 0 Å². The van der Waals surface area contributed by atoms with Crippen LogP contribution in [-0.4, -0.2) is 41.6 Å². The van der Waals surface area contributed by atoms with Crippen molar-refractivity contribution in [3.8, 4) is 0 Å². The molecule has 0 atom stereocenters. The fourth-order valence-electron chi connectivity index (χ4n) is 4.26. The van der Waals surface area contributed by atoms with Gasteiger partial charge in [-0.3, -0.25) is 0 Å². The molecule has 0 aliphatic heterocycles. The van der Waals surface area contributed by atoms with Gasteiger partial charge in [0.25, 0.3) is 0 Å². The van der Waals surface area contributed by atoms with Crippen LogP contribution in [0.25, 0.3) is 0 Å². The molecule has 165 valence electrons. The number of hydrogen-bond acceptors (Lipinski definition) is 0. The van der Waals surface area contributed by atoms with Crippen LogP contribution in [0.5, 0.6) is 0 Å². The van der Waals surface area contributed by atoms with E-state index in [0.717, 1.165) is 27.1 Å².